The molecule has 6 heteroatoms. The van der Waals surface area contributed by atoms with Crippen molar-refractivity contribution in [2.45, 2.75) is 285 Å². The summed E-state index contributed by atoms with van der Waals surface area (Å²) in [6, 6.07) is 0. The Bertz CT molecular complexity index is 870. The highest BCUT2D eigenvalue weighted by Gasteiger charge is 2.19. The third-order valence-electron chi connectivity index (χ3n) is 11.5. The van der Waals surface area contributed by atoms with Crippen molar-refractivity contribution in [2.24, 2.45) is 11.8 Å². The molecule has 0 aromatic rings. The second-order valence-corrected chi connectivity index (χ2v) is 18.4. The summed E-state index contributed by atoms with van der Waals surface area (Å²) < 4.78 is 16.8. The Labute approximate surface area is 355 Å². The van der Waals surface area contributed by atoms with Gasteiger partial charge in [-0.2, -0.15) is 0 Å². The Morgan fingerprint density at radius 1 is 0.333 bits per heavy atom. The third-order valence-corrected chi connectivity index (χ3v) is 11.5. The largest absolute Gasteiger partial charge is 0.462 e. The lowest BCUT2D eigenvalue weighted by molar-refractivity contribution is -0.167. The number of carbonyl (C=O) groups excluding carboxylic acids is 3. The molecule has 0 fully saturated rings. The molecule has 0 spiro atoms. The van der Waals surface area contributed by atoms with Gasteiger partial charge < -0.3 is 14.2 Å². The maximum atomic E-state index is 12.7. The molecule has 57 heavy (non-hydrogen) atoms. The van der Waals surface area contributed by atoms with Gasteiger partial charge in [-0.1, -0.05) is 240 Å². The molecule has 6 nitrogen and oxygen atoms in total. The van der Waals surface area contributed by atoms with Gasteiger partial charge in [-0.05, 0) is 31.1 Å². The van der Waals surface area contributed by atoms with Gasteiger partial charge in [0.1, 0.15) is 13.2 Å². The van der Waals surface area contributed by atoms with E-state index in [-0.39, 0.29) is 31.1 Å². The minimum atomic E-state index is -0.762. The van der Waals surface area contributed by atoms with Crippen LogP contribution in [0.1, 0.15) is 279 Å². The molecule has 0 aromatic carbocycles. The van der Waals surface area contributed by atoms with E-state index < -0.39 is 6.10 Å². The van der Waals surface area contributed by atoms with Crippen LogP contribution in [-0.4, -0.2) is 37.2 Å². The van der Waals surface area contributed by atoms with Crippen LogP contribution in [0.15, 0.2) is 0 Å². The number of unbranched alkanes of at least 4 members (excludes halogenated alkanes) is 30. The predicted molar refractivity (Wildman–Crippen MR) is 243 cm³/mol. The summed E-state index contributed by atoms with van der Waals surface area (Å²) in [6.45, 7) is 11.3. The van der Waals surface area contributed by atoms with Gasteiger partial charge in [0, 0.05) is 19.3 Å². The van der Waals surface area contributed by atoms with Gasteiger partial charge in [-0.3, -0.25) is 14.4 Å². The van der Waals surface area contributed by atoms with Crippen LogP contribution < -0.4 is 0 Å². The topological polar surface area (TPSA) is 78.9 Å². The lowest BCUT2D eigenvalue weighted by Gasteiger charge is -2.18. The molecule has 0 bridgehead atoms. The van der Waals surface area contributed by atoms with E-state index in [0.29, 0.717) is 19.3 Å². The van der Waals surface area contributed by atoms with Crippen LogP contribution >= 0.6 is 0 Å². The summed E-state index contributed by atoms with van der Waals surface area (Å²) in [7, 11) is 0. The normalized spacial score (nSPS) is 12.1. The molecular formula is C51H98O6. The Kier molecular flexibility index (Phi) is 42.7. The van der Waals surface area contributed by atoms with E-state index in [1.54, 1.807) is 0 Å². The number of rotatable bonds is 45. The molecule has 0 unspecified atom stereocenters. The number of ether oxygens (including phenoxy) is 3. The first-order chi connectivity index (χ1) is 27.7. The lowest BCUT2D eigenvalue weighted by atomic mass is 10.0. The van der Waals surface area contributed by atoms with Crippen molar-refractivity contribution < 1.29 is 28.6 Å². The van der Waals surface area contributed by atoms with Crippen LogP contribution in [0.5, 0.6) is 0 Å². The molecule has 0 aliphatic rings. The van der Waals surface area contributed by atoms with Gasteiger partial charge in [0.15, 0.2) is 6.10 Å². The van der Waals surface area contributed by atoms with Crippen molar-refractivity contribution in [3.63, 3.8) is 0 Å². The SMILES string of the molecule is CCCCCCCCCCCCCCCCCCCCC(=O)OC[C@H](COC(=O)CCCCCCCCC(C)C)OC(=O)CCCCCCCCCCCC(C)C. The number of hydrogen-bond donors (Lipinski definition) is 0. The van der Waals surface area contributed by atoms with Gasteiger partial charge in [0.05, 0.1) is 0 Å². The van der Waals surface area contributed by atoms with E-state index in [1.165, 1.54) is 167 Å². The van der Waals surface area contributed by atoms with Gasteiger partial charge in [-0.25, -0.2) is 0 Å². The summed E-state index contributed by atoms with van der Waals surface area (Å²) >= 11 is 0. The molecule has 0 saturated heterocycles. The van der Waals surface area contributed by atoms with Crippen molar-refractivity contribution in [2.75, 3.05) is 13.2 Å². The molecule has 0 radical (unpaired) electrons. The highest BCUT2D eigenvalue weighted by atomic mass is 16.6. The van der Waals surface area contributed by atoms with Crippen molar-refractivity contribution in [3.05, 3.63) is 0 Å². The molecule has 0 amide bonds. The van der Waals surface area contributed by atoms with Crippen LogP contribution in [0.4, 0.5) is 0 Å². The van der Waals surface area contributed by atoms with Gasteiger partial charge >= 0.3 is 17.9 Å². The van der Waals surface area contributed by atoms with Crippen molar-refractivity contribution in [3.8, 4) is 0 Å². The smallest absolute Gasteiger partial charge is 0.306 e. The minimum Gasteiger partial charge on any atom is -0.462 e. The average molecular weight is 807 g/mol. The molecule has 0 rings (SSSR count). The van der Waals surface area contributed by atoms with Crippen LogP contribution in [-0.2, 0) is 28.6 Å². The third kappa shape index (κ3) is 45.3. The summed E-state index contributed by atoms with van der Waals surface area (Å²) in [5.41, 5.74) is 0. The Hall–Kier alpha value is -1.59. The van der Waals surface area contributed by atoms with Gasteiger partial charge in [0.25, 0.3) is 0 Å². The van der Waals surface area contributed by atoms with Crippen LogP contribution in [0, 0.1) is 11.8 Å². The van der Waals surface area contributed by atoms with Crippen molar-refractivity contribution in [1.82, 2.24) is 0 Å². The summed E-state index contributed by atoms with van der Waals surface area (Å²) in [5.74, 6) is 0.712. The minimum absolute atomic E-state index is 0.0650. The van der Waals surface area contributed by atoms with Crippen molar-refractivity contribution in [1.29, 1.82) is 0 Å². The molecule has 0 saturated carbocycles. The Balaban J connectivity index is 4.24. The van der Waals surface area contributed by atoms with Crippen LogP contribution in [0.25, 0.3) is 0 Å². The summed E-state index contributed by atoms with van der Waals surface area (Å²) in [4.78, 5) is 37.8. The maximum absolute atomic E-state index is 12.7. The highest BCUT2D eigenvalue weighted by molar-refractivity contribution is 5.71. The summed E-state index contributed by atoms with van der Waals surface area (Å²) in [5, 5.41) is 0. The fraction of sp³-hybridized carbons (Fsp3) is 0.941. The maximum Gasteiger partial charge on any atom is 0.306 e. The molecular weight excluding hydrogens is 709 g/mol. The van der Waals surface area contributed by atoms with Crippen molar-refractivity contribution >= 4 is 17.9 Å². The Morgan fingerprint density at radius 2 is 0.579 bits per heavy atom. The second kappa shape index (κ2) is 44.0. The molecule has 0 aromatic heterocycles. The predicted octanol–water partition coefficient (Wildman–Crippen LogP) is 16.1. The van der Waals surface area contributed by atoms with E-state index in [9.17, 15) is 14.4 Å². The monoisotopic (exact) mass is 807 g/mol. The zero-order valence-electron chi connectivity index (χ0n) is 39.0. The first-order valence-electron chi connectivity index (χ1n) is 25.2. The second-order valence-electron chi connectivity index (χ2n) is 18.4. The number of esters is 3. The molecule has 338 valence electrons. The first kappa shape index (κ1) is 55.4. The zero-order valence-corrected chi connectivity index (χ0v) is 39.0. The molecule has 0 aliphatic carbocycles. The molecule has 1 atom stereocenters. The van der Waals surface area contributed by atoms with E-state index in [4.69, 9.17) is 14.2 Å². The Morgan fingerprint density at radius 3 is 0.860 bits per heavy atom. The zero-order chi connectivity index (χ0) is 41.9. The van der Waals surface area contributed by atoms with E-state index in [1.807, 2.05) is 0 Å². The fourth-order valence-corrected chi connectivity index (χ4v) is 7.64. The average Bonchev–Trinajstić information content (AvgIpc) is 3.18. The lowest BCUT2D eigenvalue weighted by Crippen LogP contribution is -2.30. The quantitative estimate of drug-likeness (QED) is 0.0346. The van der Waals surface area contributed by atoms with Gasteiger partial charge in [-0.15, -0.1) is 0 Å². The van der Waals surface area contributed by atoms with Crippen LogP contribution in [0.3, 0.4) is 0 Å². The van der Waals surface area contributed by atoms with E-state index in [0.717, 1.165) is 69.6 Å². The molecule has 0 heterocycles. The van der Waals surface area contributed by atoms with Crippen LogP contribution in [0.2, 0.25) is 0 Å². The van der Waals surface area contributed by atoms with Gasteiger partial charge in [0.2, 0.25) is 0 Å². The van der Waals surface area contributed by atoms with E-state index >= 15 is 0 Å². The molecule has 0 aliphatic heterocycles. The molecule has 0 N–H and O–H groups in total. The summed E-state index contributed by atoms with van der Waals surface area (Å²) in [6.07, 6.45) is 44.0. The first-order valence-corrected chi connectivity index (χ1v) is 25.2. The highest BCUT2D eigenvalue weighted by Crippen LogP contribution is 2.17. The number of carbonyl (C=O) groups is 3. The van der Waals surface area contributed by atoms with E-state index in [2.05, 4.69) is 34.6 Å². The standard InChI is InChI=1S/C51H98O6/c1-6-7-8-9-10-11-12-13-14-15-16-17-18-19-22-25-31-36-41-49(52)55-44-48(45-56-50(53)42-37-32-28-27-30-35-40-47(4)5)57-51(54)43-38-33-26-23-20-21-24-29-34-39-46(2)3/h46-48H,6-45H2,1-5H3/t48-/m1/s1. The fourth-order valence-electron chi connectivity index (χ4n) is 7.64. The number of hydrogen-bond acceptors (Lipinski definition) is 6.